The molecule has 4 rings (SSSR count). The molecule has 1 N–H and O–H groups in total. The summed E-state index contributed by atoms with van der Waals surface area (Å²) in [4.78, 5) is 22.4. The van der Waals surface area contributed by atoms with Gasteiger partial charge < -0.3 is 4.98 Å². The van der Waals surface area contributed by atoms with Crippen LogP contribution in [0.15, 0.2) is 29.1 Å². The number of halogens is 1. The van der Waals surface area contributed by atoms with Gasteiger partial charge in [0, 0.05) is 10.4 Å². The van der Waals surface area contributed by atoms with E-state index in [2.05, 4.69) is 9.97 Å². The average Bonchev–Trinajstić information content (AvgIpc) is 2.70. The first kappa shape index (κ1) is 14.0. The van der Waals surface area contributed by atoms with E-state index in [9.17, 15) is 4.79 Å². The third-order valence-electron chi connectivity index (χ3n) is 4.20. The molecule has 22 heavy (non-hydrogen) atoms. The second-order valence-corrected chi connectivity index (χ2v) is 7.13. The van der Waals surface area contributed by atoms with Gasteiger partial charge in [0.25, 0.3) is 5.56 Å². The second kappa shape index (κ2) is 5.52. The molecule has 1 aliphatic rings. The number of H-pyrrole nitrogens is 1. The molecule has 1 aromatic carbocycles. The summed E-state index contributed by atoms with van der Waals surface area (Å²) in [6, 6.07) is 7.46. The summed E-state index contributed by atoms with van der Waals surface area (Å²) >= 11 is 7.89. The normalized spacial score (nSPS) is 14.8. The summed E-state index contributed by atoms with van der Waals surface area (Å²) in [6.45, 7) is 0. The highest BCUT2D eigenvalue weighted by atomic mass is 35.5. The van der Waals surface area contributed by atoms with Crippen LogP contribution in [-0.2, 0) is 12.8 Å². The fourth-order valence-corrected chi connectivity index (χ4v) is 4.61. The molecule has 0 fully saturated rings. The molecule has 0 radical (unpaired) electrons. The number of benzene rings is 1. The molecule has 2 heterocycles. The Morgan fingerprint density at radius 1 is 1.14 bits per heavy atom. The van der Waals surface area contributed by atoms with E-state index < -0.39 is 0 Å². The maximum atomic E-state index is 12.6. The third kappa shape index (κ3) is 2.27. The molecule has 112 valence electrons. The van der Waals surface area contributed by atoms with Crippen LogP contribution in [0.4, 0.5) is 0 Å². The Bertz CT molecular complexity index is 913. The van der Waals surface area contributed by atoms with Crippen LogP contribution in [0.5, 0.6) is 0 Å². The summed E-state index contributed by atoms with van der Waals surface area (Å²) in [5.41, 5.74) is 1.95. The highest BCUT2D eigenvalue weighted by Gasteiger charge is 2.19. The molecule has 5 heteroatoms. The van der Waals surface area contributed by atoms with E-state index in [1.54, 1.807) is 11.3 Å². The van der Waals surface area contributed by atoms with E-state index in [0.29, 0.717) is 10.8 Å². The second-order valence-electron chi connectivity index (χ2n) is 5.64. The van der Waals surface area contributed by atoms with Gasteiger partial charge in [0.1, 0.15) is 10.7 Å². The van der Waals surface area contributed by atoms with Gasteiger partial charge in [0.2, 0.25) is 0 Å². The van der Waals surface area contributed by atoms with Crippen molar-refractivity contribution in [2.75, 3.05) is 0 Å². The van der Waals surface area contributed by atoms with Gasteiger partial charge in [-0.3, -0.25) is 4.79 Å². The van der Waals surface area contributed by atoms with Crippen molar-refractivity contribution in [2.24, 2.45) is 0 Å². The number of rotatable bonds is 1. The topological polar surface area (TPSA) is 45.8 Å². The number of thiophene rings is 1. The van der Waals surface area contributed by atoms with Crippen molar-refractivity contribution in [3.8, 4) is 11.4 Å². The van der Waals surface area contributed by atoms with Crippen molar-refractivity contribution in [1.29, 1.82) is 0 Å². The van der Waals surface area contributed by atoms with Crippen LogP contribution < -0.4 is 5.56 Å². The number of hydrogen-bond acceptors (Lipinski definition) is 3. The number of fused-ring (bicyclic) bond motifs is 3. The molecular weight excluding hydrogens is 316 g/mol. The van der Waals surface area contributed by atoms with Crippen LogP contribution in [0.1, 0.15) is 29.7 Å². The fraction of sp³-hybridized carbons (Fsp3) is 0.294. The average molecular weight is 331 g/mol. The molecule has 3 aromatic rings. The lowest BCUT2D eigenvalue weighted by Gasteiger charge is -2.03. The summed E-state index contributed by atoms with van der Waals surface area (Å²) in [5, 5.41) is 1.39. The van der Waals surface area contributed by atoms with Gasteiger partial charge in [0.05, 0.1) is 10.4 Å². The van der Waals surface area contributed by atoms with Crippen molar-refractivity contribution in [1.82, 2.24) is 9.97 Å². The van der Waals surface area contributed by atoms with Crippen LogP contribution in [-0.4, -0.2) is 9.97 Å². The number of hydrogen-bond donors (Lipinski definition) is 1. The van der Waals surface area contributed by atoms with Crippen LogP contribution in [0.25, 0.3) is 21.6 Å². The third-order valence-corrected chi connectivity index (χ3v) is 5.72. The fourth-order valence-electron chi connectivity index (χ4n) is 3.12. The van der Waals surface area contributed by atoms with Gasteiger partial charge in [-0.2, -0.15) is 0 Å². The number of nitrogens with zero attached hydrogens (tertiary/aromatic N) is 1. The van der Waals surface area contributed by atoms with Gasteiger partial charge in [-0.25, -0.2) is 4.98 Å². The summed E-state index contributed by atoms with van der Waals surface area (Å²) < 4.78 is 0. The van der Waals surface area contributed by atoms with E-state index in [-0.39, 0.29) is 5.56 Å². The Balaban J connectivity index is 1.95. The van der Waals surface area contributed by atoms with E-state index in [0.717, 1.165) is 35.0 Å². The number of aromatic amines is 1. The van der Waals surface area contributed by atoms with Gasteiger partial charge >= 0.3 is 0 Å². The Labute approximate surface area is 137 Å². The first-order chi connectivity index (χ1) is 10.7. The van der Waals surface area contributed by atoms with Gasteiger partial charge in [-0.05, 0) is 43.4 Å². The van der Waals surface area contributed by atoms with E-state index >= 15 is 0 Å². The van der Waals surface area contributed by atoms with Crippen molar-refractivity contribution in [3.05, 3.63) is 50.1 Å². The molecular formula is C17H15ClN2OS. The zero-order valence-corrected chi connectivity index (χ0v) is 13.6. The highest BCUT2D eigenvalue weighted by molar-refractivity contribution is 7.18. The Morgan fingerprint density at radius 2 is 1.95 bits per heavy atom. The molecule has 0 amide bonds. The molecule has 0 bridgehead atoms. The van der Waals surface area contributed by atoms with Crippen molar-refractivity contribution in [2.45, 2.75) is 32.1 Å². The van der Waals surface area contributed by atoms with Crippen molar-refractivity contribution >= 4 is 33.2 Å². The Kier molecular flexibility index (Phi) is 3.51. The standard InChI is InChI=1S/C17H15ClN2OS/c18-12-8-5-4-6-10(12)15-19-16(21)14-11-7-2-1-3-9-13(11)22-17(14)20-15/h4-6,8H,1-3,7,9H2,(H,19,20,21). The lowest BCUT2D eigenvalue weighted by molar-refractivity contribution is 0.713. The van der Waals surface area contributed by atoms with E-state index in [1.165, 1.54) is 23.3 Å². The largest absolute Gasteiger partial charge is 0.306 e. The molecule has 3 nitrogen and oxygen atoms in total. The lowest BCUT2D eigenvalue weighted by atomic mass is 10.1. The number of nitrogens with one attached hydrogen (secondary N) is 1. The summed E-state index contributed by atoms with van der Waals surface area (Å²) in [6.07, 6.45) is 5.66. The molecule has 0 saturated heterocycles. The van der Waals surface area contributed by atoms with Gasteiger partial charge in [-0.1, -0.05) is 30.2 Å². The highest BCUT2D eigenvalue weighted by Crippen LogP contribution is 2.34. The maximum Gasteiger partial charge on any atom is 0.260 e. The van der Waals surface area contributed by atoms with Gasteiger partial charge in [-0.15, -0.1) is 11.3 Å². The lowest BCUT2D eigenvalue weighted by Crippen LogP contribution is -2.10. The summed E-state index contributed by atoms with van der Waals surface area (Å²) in [5.74, 6) is 0.555. The van der Waals surface area contributed by atoms with Crippen LogP contribution in [0.2, 0.25) is 5.02 Å². The van der Waals surface area contributed by atoms with Crippen LogP contribution in [0, 0.1) is 0 Å². The van der Waals surface area contributed by atoms with Crippen LogP contribution >= 0.6 is 22.9 Å². The summed E-state index contributed by atoms with van der Waals surface area (Å²) in [7, 11) is 0. The molecule has 0 atom stereocenters. The Hall–Kier alpha value is -1.65. The zero-order valence-electron chi connectivity index (χ0n) is 12.0. The predicted molar refractivity (Wildman–Crippen MR) is 91.9 cm³/mol. The van der Waals surface area contributed by atoms with Crippen molar-refractivity contribution in [3.63, 3.8) is 0 Å². The van der Waals surface area contributed by atoms with E-state index in [4.69, 9.17) is 11.6 Å². The molecule has 0 saturated carbocycles. The molecule has 2 aromatic heterocycles. The predicted octanol–water partition coefficient (Wildman–Crippen LogP) is 4.57. The minimum Gasteiger partial charge on any atom is -0.306 e. The minimum absolute atomic E-state index is 0.0423. The quantitative estimate of drug-likeness (QED) is 0.664. The van der Waals surface area contributed by atoms with Crippen LogP contribution in [0.3, 0.4) is 0 Å². The molecule has 0 spiro atoms. The number of aryl methyl sites for hydroxylation is 2. The van der Waals surface area contributed by atoms with Gasteiger partial charge in [0.15, 0.2) is 0 Å². The maximum absolute atomic E-state index is 12.6. The first-order valence-electron chi connectivity index (χ1n) is 7.53. The number of aromatic nitrogens is 2. The first-order valence-corrected chi connectivity index (χ1v) is 8.73. The van der Waals surface area contributed by atoms with Crippen molar-refractivity contribution < 1.29 is 0 Å². The monoisotopic (exact) mass is 330 g/mol. The molecule has 1 aliphatic carbocycles. The van der Waals surface area contributed by atoms with E-state index in [1.807, 2.05) is 24.3 Å². The minimum atomic E-state index is -0.0423. The zero-order chi connectivity index (χ0) is 15.1. The smallest absolute Gasteiger partial charge is 0.260 e. The SMILES string of the molecule is O=c1[nH]c(-c2ccccc2Cl)nc2sc3c(c12)CCCCC3. The molecule has 0 aliphatic heterocycles. The molecule has 0 unspecified atom stereocenters. The Morgan fingerprint density at radius 3 is 2.82 bits per heavy atom.